The second-order valence-electron chi connectivity index (χ2n) is 4.62. The maximum absolute atomic E-state index is 13.6. The Morgan fingerprint density at radius 1 is 1.30 bits per heavy atom. The number of halogens is 4. The molecular weight excluding hydrogens is 274 g/mol. The minimum Gasteiger partial charge on any atom is -0.324 e. The van der Waals surface area contributed by atoms with Crippen LogP contribution in [-0.2, 0) is 6.18 Å². The Bertz CT molecular complexity index is 629. The van der Waals surface area contributed by atoms with Crippen LogP contribution in [0.3, 0.4) is 0 Å². The minimum atomic E-state index is -4.47. The van der Waals surface area contributed by atoms with E-state index in [-0.39, 0.29) is 0 Å². The number of alkyl halides is 3. The standard InChI is InChI=1S/C13H13F4N3/c1-7-3-12(10(8(2)18)4-11(7)14)20-6-9(5-19-20)13(15,16)17/h3-6,8H,18H2,1-2H3/t8-/m1/s1. The van der Waals surface area contributed by atoms with Gasteiger partial charge in [0.05, 0.1) is 17.4 Å². The molecule has 7 heteroatoms. The second kappa shape index (κ2) is 4.90. The van der Waals surface area contributed by atoms with E-state index in [0.29, 0.717) is 16.8 Å². The lowest BCUT2D eigenvalue weighted by atomic mass is 10.0. The van der Waals surface area contributed by atoms with Gasteiger partial charge >= 0.3 is 6.18 Å². The van der Waals surface area contributed by atoms with E-state index in [1.165, 1.54) is 19.1 Å². The molecule has 108 valence electrons. The maximum Gasteiger partial charge on any atom is 0.419 e. The predicted octanol–water partition coefficient (Wildman–Crippen LogP) is 3.36. The van der Waals surface area contributed by atoms with Crippen molar-refractivity contribution in [3.63, 3.8) is 0 Å². The number of aromatic nitrogens is 2. The highest BCUT2D eigenvalue weighted by Gasteiger charge is 2.32. The number of nitrogens with two attached hydrogens (primary N) is 1. The van der Waals surface area contributed by atoms with Crippen LogP contribution in [0, 0.1) is 12.7 Å². The number of hydrogen-bond donors (Lipinski definition) is 1. The van der Waals surface area contributed by atoms with Crippen LogP contribution in [0.1, 0.15) is 29.7 Å². The van der Waals surface area contributed by atoms with Gasteiger partial charge in [-0.1, -0.05) is 0 Å². The lowest BCUT2D eigenvalue weighted by molar-refractivity contribution is -0.137. The molecule has 20 heavy (non-hydrogen) atoms. The van der Waals surface area contributed by atoms with Crippen molar-refractivity contribution < 1.29 is 17.6 Å². The van der Waals surface area contributed by atoms with Crippen molar-refractivity contribution in [2.75, 3.05) is 0 Å². The fraction of sp³-hybridized carbons (Fsp3) is 0.308. The van der Waals surface area contributed by atoms with Crippen LogP contribution >= 0.6 is 0 Å². The molecule has 0 bridgehead atoms. The monoisotopic (exact) mass is 287 g/mol. The van der Waals surface area contributed by atoms with Crippen molar-refractivity contribution in [1.82, 2.24) is 9.78 Å². The minimum absolute atomic E-state index is 0.313. The number of rotatable bonds is 2. The molecule has 0 fully saturated rings. The molecule has 1 heterocycles. The van der Waals surface area contributed by atoms with Crippen molar-refractivity contribution in [1.29, 1.82) is 0 Å². The molecule has 0 aliphatic carbocycles. The first kappa shape index (κ1) is 14.5. The lowest BCUT2D eigenvalue weighted by Crippen LogP contribution is -2.11. The van der Waals surface area contributed by atoms with E-state index in [2.05, 4.69) is 5.10 Å². The van der Waals surface area contributed by atoms with Gasteiger partial charge in [0, 0.05) is 12.2 Å². The molecule has 2 rings (SSSR count). The van der Waals surface area contributed by atoms with Crippen LogP contribution in [-0.4, -0.2) is 9.78 Å². The highest BCUT2D eigenvalue weighted by atomic mass is 19.4. The Morgan fingerprint density at radius 3 is 2.45 bits per heavy atom. The van der Waals surface area contributed by atoms with Crippen LogP contribution in [0.2, 0.25) is 0 Å². The molecule has 0 unspecified atom stereocenters. The fourth-order valence-corrected chi connectivity index (χ4v) is 1.85. The van der Waals surface area contributed by atoms with E-state index in [1.807, 2.05) is 0 Å². The topological polar surface area (TPSA) is 43.8 Å². The first-order valence-corrected chi connectivity index (χ1v) is 5.88. The maximum atomic E-state index is 13.6. The average molecular weight is 287 g/mol. The van der Waals surface area contributed by atoms with Gasteiger partial charge in [0.25, 0.3) is 0 Å². The summed E-state index contributed by atoms with van der Waals surface area (Å²) in [6.45, 7) is 3.15. The number of aryl methyl sites for hydroxylation is 1. The van der Waals surface area contributed by atoms with Crippen LogP contribution in [0.4, 0.5) is 17.6 Å². The fourth-order valence-electron chi connectivity index (χ4n) is 1.85. The van der Waals surface area contributed by atoms with Crippen molar-refractivity contribution in [2.45, 2.75) is 26.1 Å². The van der Waals surface area contributed by atoms with E-state index in [4.69, 9.17) is 5.73 Å². The second-order valence-corrected chi connectivity index (χ2v) is 4.62. The summed E-state index contributed by atoms with van der Waals surface area (Å²) in [5, 5.41) is 3.69. The summed E-state index contributed by atoms with van der Waals surface area (Å²) in [4.78, 5) is 0. The predicted molar refractivity (Wildman–Crippen MR) is 65.9 cm³/mol. The quantitative estimate of drug-likeness (QED) is 0.861. The van der Waals surface area contributed by atoms with Gasteiger partial charge < -0.3 is 5.73 Å². The third-order valence-electron chi connectivity index (χ3n) is 2.96. The number of hydrogen-bond acceptors (Lipinski definition) is 2. The summed E-state index contributed by atoms with van der Waals surface area (Å²) < 4.78 is 52.4. The summed E-state index contributed by atoms with van der Waals surface area (Å²) in [6.07, 6.45) is -2.88. The van der Waals surface area contributed by atoms with E-state index >= 15 is 0 Å². The summed E-state index contributed by atoms with van der Waals surface area (Å²) in [6, 6.07) is 2.13. The molecule has 1 atom stereocenters. The molecule has 1 aromatic heterocycles. The number of benzene rings is 1. The van der Waals surface area contributed by atoms with Crippen molar-refractivity contribution in [3.05, 3.63) is 47.0 Å². The molecule has 0 aliphatic heterocycles. The van der Waals surface area contributed by atoms with E-state index in [1.54, 1.807) is 6.92 Å². The van der Waals surface area contributed by atoms with Gasteiger partial charge in [-0.3, -0.25) is 0 Å². The third kappa shape index (κ3) is 2.67. The van der Waals surface area contributed by atoms with Gasteiger partial charge in [0.1, 0.15) is 5.82 Å². The van der Waals surface area contributed by atoms with E-state index < -0.39 is 23.6 Å². The molecule has 3 nitrogen and oxygen atoms in total. The van der Waals surface area contributed by atoms with Gasteiger partial charge in [0.15, 0.2) is 0 Å². The first-order chi connectivity index (χ1) is 9.20. The summed E-state index contributed by atoms with van der Waals surface area (Å²) in [5.74, 6) is -0.454. The van der Waals surface area contributed by atoms with Crippen molar-refractivity contribution in [2.24, 2.45) is 5.73 Å². The molecule has 0 amide bonds. The van der Waals surface area contributed by atoms with Crippen LogP contribution in [0.5, 0.6) is 0 Å². The van der Waals surface area contributed by atoms with Gasteiger partial charge in [-0.25, -0.2) is 9.07 Å². The molecule has 0 aliphatic rings. The molecule has 0 spiro atoms. The Balaban J connectivity index is 2.57. The van der Waals surface area contributed by atoms with Crippen molar-refractivity contribution in [3.8, 4) is 5.69 Å². The van der Waals surface area contributed by atoms with Crippen LogP contribution in [0.25, 0.3) is 5.69 Å². The smallest absolute Gasteiger partial charge is 0.324 e. The SMILES string of the molecule is Cc1cc(-n2cc(C(F)(F)F)cn2)c([C@@H](C)N)cc1F. The first-order valence-electron chi connectivity index (χ1n) is 5.88. The summed E-state index contributed by atoms with van der Waals surface area (Å²) >= 11 is 0. The zero-order valence-electron chi connectivity index (χ0n) is 10.9. The van der Waals surface area contributed by atoms with Crippen molar-refractivity contribution >= 4 is 0 Å². The molecule has 2 aromatic rings. The molecule has 2 N–H and O–H groups in total. The largest absolute Gasteiger partial charge is 0.419 e. The van der Waals surface area contributed by atoms with Gasteiger partial charge in [-0.15, -0.1) is 0 Å². The lowest BCUT2D eigenvalue weighted by Gasteiger charge is -2.14. The van der Waals surface area contributed by atoms with Gasteiger partial charge in [-0.05, 0) is 37.1 Å². The Kier molecular flexibility index (Phi) is 3.56. The van der Waals surface area contributed by atoms with Gasteiger partial charge in [-0.2, -0.15) is 18.3 Å². The Morgan fingerprint density at radius 2 is 1.95 bits per heavy atom. The average Bonchev–Trinajstić information content (AvgIpc) is 2.80. The molecule has 0 radical (unpaired) electrons. The zero-order chi connectivity index (χ0) is 15.1. The normalized spacial score (nSPS) is 13.6. The third-order valence-corrected chi connectivity index (χ3v) is 2.96. The van der Waals surface area contributed by atoms with Crippen LogP contribution < -0.4 is 5.73 Å². The van der Waals surface area contributed by atoms with Gasteiger partial charge in [0.2, 0.25) is 0 Å². The Labute approximate surface area is 113 Å². The van der Waals surface area contributed by atoms with E-state index in [0.717, 1.165) is 17.1 Å². The zero-order valence-corrected chi connectivity index (χ0v) is 10.9. The highest BCUT2D eigenvalue weighted by molar-refractivity contribution is 5.45. The van der Waals surface area contributed by atoms with E-state index in [9.17, 15) is 17.6 Å². The molecule has 0 saturated heterocycles. The summed E-state index contributed by atoms with van der Waals surface area (Å²) in [7, 11) is 0. The molecule has 1 aromatic carbocycles. The summed E-state index contributed by atoms with van der Waals surface area (Å²) in [5.41, 5.74) is 5.92. The molecular formula is C13H13F4N3. The Hall–Kier alpha value is -1.89. The van der Waals surface area contributed by atoms with Crippen LogP contribution in [0.15, 0.2) is 24.5 Å². The number of nitrogens with zero attached hydrogens (tertiary/aromatic N) is 2. The highest BCUT2D eigenvalue weighted by Crippen LogP contribution is 2.30. The molecule has 0 saturated carbocycles.